The number of aryl methyl sites for hydroxylation is 1. The first-order chi connectivity index (χ1) is 7.36. The summed E-state index contributed by atoms with van der Waals surface area (Å²) in [6.07, 6.45) is 5.10. The van der Waals surface area contributed by atoms with E-state index in [-0.39, 0.29) is 0 Å². The quantitative estimate of drug-likeness (QED) is 0.796. The fourth-order valence-corrected chi connectivity index (χ4v) is 4.33. The Morgan fingerprint density at radius 1 is 1.20 bits per heavy atom. The van der Waals surface area contributed by atoms with Gasteiger partial charge in [0.1, 0.15) is 0 Å². The van der Waals surface area contributed by atoms with Crippen LogP contribution < -0.4 is 5.73 Å². The van der Waals surface area contributed by atoms with Crippen LogP contribution in [0, 0.1) is 0 Å². The van der Waals surface area contributed by atoms with Gasteiger partial charge in [-0.3, -0.25) is 0 Å². The first-order valence-corrected chi connectivity index (χ1v) is 7.00. The molecule has 0 radical (unpaired) electrons. The lowest BCUT2D eigenvalue weighted by molar-refractivity contribution is 0.698. The van der Waals surface area contributed by atoms with Gasteiger partial charge in [0.05, 0.1) is 5.00 Å². The van der Waals surface area contributed by atoms with Crippen LogP contribution >= 0.6 is 22.7 Å². The van der Waals surface area contributed by atoms with Crippen molar-refractivity contribution in [1.82, 2.24) is 0 Å². The van der Waals surface area contributed by atoms with Crippen LogP contribution in [0.1, 0.15) is 23.3 Å². The molecule has 1 nitrogen and oxygen atoms in total. The highest BCUT2D eigenvalue weighted by Crippen LogP contribution is 2.43. The minimum Gasteiger partial charge on any atom is -0.390 e. The molecule has 0 aliphatic heterocycles. The van der Waals surface area contributed by atoms with Gasteiger partial charge in [-0.2, -0.15) is 0 Å². The van der Waals surface area contributed by atoms with Crippen molar-refractivity contribution < 1.29 is 0 Å². The maximum atomic E-state index is 6.14. The molecule has 3 heteroatoms. The summed E-state index contributed by atoms with van der Waals surface area (Å²) in [5.74, 6) is 0. The molecule has 3 rings (SSSR count). The van der Waals surface area contributed by atoms with Crippen LogP contribution in [0.4, 0.5) is 5.00 Å². The number of nitrogen functional groups attached to an aromatic ring is 1. The van der Waals surface area contributed by atoms with Crippen molar-refractivity contribution in [3.63, 3.8) is 0 Å². The average molecular weight is 235 g/mol. The van der Waals surface area contributed by atoms with Gasteiger partial charge in [0.15, 0.2) is 0 Å². The number of anilines is 1. The van der Waals surface area contributed by atoms with Gasteiger partial charge in [-0.1, -0.05) is 6.07 Å². The molecule has 1 aliphatic rings. The summed E-state index contributed by atoms with van der Waals surface area (Å²) in [5.41, 5.74) is 9.01. The van der Waals surface area contributed by atoms with Crippen LogP contribution in [0.3, 0.4) is 0 Å². The van der Waals surface area contributed by atoms with E-state index in [4.69, 9.17) is 5.73 Å². The Balaban J connectivity index is 2.18. The molecule has 2 aromatic heterocycles. The summed E-state index contributed by atoms with van der Waals surface area (Å²) in [6.45, 7) is 0. The lowest BCUT2D eigenvalue weighted by Crippen LogP contribution is -1.99. The molecule has 78 valence electrons. The van der Waals surface area contributed by atoms with Gasteiger partial charge >= 0.3 is 0 Å². The van der Waals surface area contributed by atoms with Gasteiger partial charge in [-0.05, 0) is 42.7 Å². The average Bonchev–Trinajstić information content (AvgIpc) is 2.82. The van der Waals surface area contributed by atoms with E-state index in [1.54, 1.807) is 22.7 Å². The van der Waals surface area contributed by atoms with Gasteiger partial charge in [-0.15, -0.1) is 22.7 Å². The van der Waals surface area contributed by atoms with Crippen LogP contribution in [-0.2, 0) is 12.8 Å². The third-order valence-corrected chi connectivity index (χ3v) is 4.97. The van der Waals surface area contributed by atoms with Crippen molar-refractivity contribution in [1.29, 1.82) is 0 Å². The molecule has 0 amide bonds. The molecule has 0 aromatic carbocycles. The molecule has 0 fully saturated rings. The molecule has 0 unspecified atom stereocenters. The van der Waals surface area contributed by atoms with E-state index in [0.717, 1.165) is 5.00 Å². The molecule has 15 heavy (non-hydrogen) atoms. The molecule has 0 saturated carbocycles. The summed E-state index contributed by atoms with van der Waals surface area (Å²) >= 11 is 3.59. The molecular formula is C12H13NS2. The normalized spacial score (nSPS) is 15.2. The smallest absolute Gasteiger partial charge is 0.0950 e. The highest BCUT2D eigenvalue weighted by Gasteiger charge is 2.20. The lowest BCUT2D eigenvalue weighted by atomic mass is 9.95. The van der Waals surface area contributed by atoms with Gasteiger partial charge in [0.25, 0.3) is 0 Å². The number of rotatable bonds is 1. The standard InChI is InChI=1S/C12H13NS2/c13-12-11(10-6-3-7-14-10)8-4-1-2-5-9(8)15-12/h3,6-7H,1-2,4-5,13H2. The predicted molar refractivity (Wildman–Crippen MR) is 68.7 cm³/mol. The Hall–Kier alpha value is -0.800. The van der Waals surface area contributed by atoms with Crippen molar-refractivity contribution in [3.8, 4) is 10.4 Å². The first kappa shape index (κ1) is 9.43. The molecule has 0 saturated heterocycles. The Labute approximate surface area is 97.6 Å². The van der Waals surface area contributed by atoms with E-state index < -0.39 is 0 Å². The fraction of sp³-hybridized carbons (Fsp3) is 0.333. The molecule has 0 bridgehead atoms. The first-order valence-electron chi connectivity index (χ1n) is 5.30. The van der Waals surface area contributed by atoms with Gasteiger partial charge in [0, 0.05) is 15.3 Å². The van der Waals surface area contributed by atoms with E-state index in [1.807, 2.05) is 0 Å². The fourth-order valence-electron chi connectivity index (χ4n) is 2.28. The lowest BCUT2D eigenvalue weighted by Gasteiger charge is -2.11. The van der Waals surface area contributed by atoms with Crippen LogP contribution in [-0.4, -0.2) is 0 Å². The SMILES string of the molecule is Nc1sc2c(c1-c1cccs1)CCCC2. The van der Waals surface area contributed by atoms with E-state index in [9.17, 15) is 0 Å². The maximum Gasteiger partial charge on any atom is 0.0950 e. The highest BCUT2D eigenvalue weighted by molar-refractivity contribution is 7.18. The summed E-state index contributed by atoms with van der Waals surface area (Å²) in [5, 5.41) is 3.14. The van der Waals surface area contributed by atoms with Crippen LogP contribution in [0.2, 0.25) is 0 Å². The van der Waals surface area contributed by atoms with Crippen molar-refractivity contribution in [2.45, 2.75) is 25.7 Å². The third kappa shape index (κ3) is 1.50. The Kier molecular flexibility index (Phi) is 2.29. The number of hydrogen-bond acceptors (Lipinski definition) is 3. The zero-order valence-corrected chi connectivity index (χ0v) is 10.1. The highest BCUT2D eigenvalue weighted by atomic mass is 32.1. The Morgan fingerprint density at radius 3 is 2.87 bits per heavy atom. The topological polar surface area (TPSA) is 26.0 Å². The summed E-state index contributed by atoms with van der Waals surface area (Å²) in [6, 6.07) is 4.28. The minimum atomic E-state index is 1.02. The van der Waals surface area contributed by atoms with Gasteiger partial charge < -0.3 is 5.73 Å². The van der Waals surface area contributed by atoms with E-state index in [0.29, 0.717) is 0 Å². The number of nitrogens with two attached hydrogens (primary N) is 1. The van der Waals surface area contributed by atoms with Crippen molar-refractivity contribution in [2.24, 2.45) is 0 Å². The van der Waals surface area contributed by atoms with E-state index in [2.05, 4.69) is 17.5 Å². The van der Waals surface area contributed by atoms with Crippen LogP contribution in [0.5, 0.6) is 0 Å². The summed E-state index contributed by atoms with van der Waals surface area (Å²) in [7, 11) is 0. The van der Waals surface area contributed by atoms with Crippen molar-refractivity contribution in [2.75, 3.05) is 5.73 Å². The largest absolute Gasteiger partial charge is 0.390 e. The third-order valence-electron chi connectivity index (χ3n) is 2.97. The Morgan fingerprint density at radius 2 is 2.07 bits per heavy atom. The minimum absolute atomic E-state index is 1.02. The van der Waals surface area contributed by atoms with Crippen molar-refractivity contribution in [3.05, 3.63) is 28.0 Å². The molecule has 1 aliphatic carbocycles. The maximum absolute atomic E-state index is 6.14. The van der Waals surface area contributed by atoms with Crippen LogP contribution in [0.15, 0.2) is 17.5 Å². The monoisotopic (exact) mass is 235 g/mol. The Bertz CT molecular complexity index is 468. The number of thiophene rings is 2. The predicted octanol–water partition coefficient (Wildman–Crippen LogP) is 3.94. The van der Waals surface area contributed by atoms with Gasteiger partial charge in [-0.25, -0.2) is 0 Å². The molecule has 2 heterocycles. The van der Waals surface area contributed by atoms with Crippen molar-refractivity contribution >= 4 is 27.7 Å². The molecule has 0 spiro atoms. The zero-order valence-electron chi connectivity index (χ0n) is 8.45. The molecular weight excluding hydrogens is 222 g/mol. The second-order valence-electron chi connectivity index (χ2n) is 3.93. The van der Waals surface area contributed by atoms with E-state index >= 15 is 0 Å². The number of fused-ring (bicyclic) bond motifs is 1. The van der Waals surface area contributed by atoms with Gasteiger partial charge in [0.2, 0.25) is 0 Å². The second-order valence-corrected chi connectivity index (χ2v) is 6.01. The number of hydrogen-bond donors (Lipinski definition) is 1. The summed E-state index contributed by atoms with van der Waals surface area (Å²) in [4.78, 5) is 2.87. The molecule has 2 aromatic rings. The molecule has 2 N–H and O–H groups in total. The van der Waals surface area contributed by atoms with E-state index in [1.165, 1.54) is 46.6 Å². The summed E-state index contributed by atoms with van der Waals surface area (Å²) < 4.78 is 0. The van der Waals surface area contributed by atoms with Crippen LogP contribution in [0.25, 0.3) is 10.4 Å². The zero-order chi connectivity index (χ0) is 10.3. The molecule has 0 atom stereocenters. The second kappa shape index (κ2) is 3.65.